The van der Waals surface area contributed by atoms with E-state index in [1.807, 2.05) is 27.7 Å². The minimum Gasteiger partial charge on any atom is -0.373 e. The van der Waals surface area contributed by atoms with Crippen LogP contribution in [-0.2, 0) is 19.7 Å². The molecule has 2 aliphatic rings. The normalized spacial score (nSPS) is 39.4. The highest BCUT2D eigenvalue weighted by Gasteiger charge is 2.38. The van der Waals surface area contributed by atoms with Crippen LogP contribution in [0.15, 0.2) is 0 Å². The van der Waals surface area contributed by atoms with E-state index in [0.717, 1.165) is 0 Å². The molecule has 19 heavy (non-hydrogen) atoms. The van der Waals surface area contributed by atoms with Gasteiger partial charge in [-0.25, -0.2) is 0 Å². The fraction of sp³-hybridized carbons (Fsp3) is 1.00. The van der Waals surface area contributed by atoms with Gasteiger partial charge >= 0.3 is 0 Å². The molecule has 6 nitrogen and oxygen atoms in total. The molecule has 0 unspecified atom stereocenters. The van der Waals surface area contributed by atoms with Crippen LogP contribution >= 0.6 is 0 Å². The van der Waals surface area contributed by atoms with E-state index < -0.39 is 10.2 Å². The van der Waals surface area contributed by atoms with Crippen LogP contribution in [0.25, 0.3) is 0 Å². The zero-order valence-electron chi connectivity index (χ0n) is 12.1. The standard InChI is InChI=1S/C12H24N2O4S/c1-9-5-13(6-10(2)17-9)19(15,16)14-7-11(3)18-12(4)8-14/h9-12H,5-8H2,1-4H3/t9-,10-,11+,12+. The summed E-state index contributed by atoms with van der Waals surface area (Å²) in [6.07, 6.45) is -0.243. The van der Waals surface area contributed by atoms with Crippen LogP contribution in [0, 0.1) is 0 Å². The van der Waals surface area contributed by atoms with Gasteiger partial charge in [0.05, 0.1) is 24.4 Å². The summed E-state index contributed by atoms with van der Waals surface area (Å²) < 4.78 is 39.6. The Kier molecular flexibility index (Phi) is 4.52. The average molecular weight is 292 g/mol. The van der Waals surface area contributed by atoms with Gasteiger partial charge in [0.1, 0.15) is 0 Å². The monoisotopic (exact) mass is 292 g/mol. The van der Waals surface area contributed by atoms with Gasteiger partial charge in [-0.1, -0.05) is 0 Å². The number of hydrogen-bond donors (Lipinski definition) is 0. The number of nitrogens with zero attached hydrogens (tertiary/aromatic N) is 2. The van der Waals surface area contributed by atoms with Gasteiger partial charge in [-0.05, 0) is 27.7 Å². The van der Waals surface area contributed by atoms with E-state index in [0.29, 0.717) is 26.2 Å². The smallest absolute Gasteiger partial charge is 0.282 e. The molecule has 7 heteroatoms. The summed E-state index contributed by atoms with van der Waals surface area (Å²) >= 11 is 0. The predicted octanol–water partition coefficient (Wildman–Crippen LogP) is 0.450. The third-order valence-electron chi connectivity index (χ3n) is 3.42. The highest BCUT2D eigenvalue weighted by molar-refractivity contribution is 7.86. The molecule has 0 radical (unpaired) electrons. The van der Waals surface area contributed by atoms with Crippen LogP contribution in [0.5, 0.6) is 0 Å². The second kappa shape index (κ2) is 5.65. The van der Waals surface area contributed by atoms with Gasteiger partial charge in [0.15, 0.2) is 0 Å². The Bertz CT molecular complexity index is 362. The average Bonchev–Trinajstić information content (AvgIpc) is 2.26. The van der Waals surface area contributed by atoms with Crippen LogP contribution in [0.1, 0.15) is 27.7 Å². The molecule has 0 aliphatic carbocycles. The van der Waals surface area contributed by atoms with Crippen LogP contribution in [0.4, 0.5) is 0 Å². The first-order valence-corrected chi connectivity index (χ1v) is 8.25. The summed E-state index contributed by atoms with van der Waals surface area (Å²) in [5.41, 5.74) is 0. The molecular formula is C12H24N2O4S. The molecule has 0 bridgehead atoms. The topological polar surface area (TPSA) is 59.1 Å². The van der Waals surface area contributed by atoms with Gasteiger partial charge in [-0.2, -0.15) is 17.0 Å². The molecule has 2 saturated heterocycles. The molecular weight excluding hydrogens is 268 g/mol. The van der Waals surface area contributed by atoms with E-state index >= 15 is 0 Å². The fourth-order valence-corrected chi connectivity index (χ4v) is 4.72. The largest absolute Gasteiger partial charge is 0.373 e. The third kappa shape index (κ3) is 3.46. The lowest BCUT2D eigenvalue weighted by molar-refractivity contribution is -0.0567. The summed E-state index contributed by atoms with van der Waals surface area (Å²) in [4.78, 5) is 0. The molecule has 0 saturated carbocycles. The fourth-order valence-electron chi connectivity index (χ4n) is 2.80. The lowest BCUT2D eigenvalue weighted by Gasteiger charge is -2.40. The van der Waals surface area contributed by atoms with Crippen molar-refractivity contribution in [1.82, 2.24) is 8.61 Å². The molecule has 0 amide bonds. The Balaban J connectivity index is 2.12. The van der Waals surface area contributed by atoms with Crippen molar-refractivity contribution in [3.63, 3.8) is 0 Å². The lowest BCUT2D eigenvalue weighted by atomic mass is 10.3. The van der Waals surface area contributed by atoms with Crippen LogP contribution in [-0.4, -0.2) is 67.6 Å². The van der Waals surface area contributed by atoms with Crippen molar-refractivity contribution in [2.75, 3.05) is 26.2 Å². The summed E-state index contributed by atoms with van der Waals surface area (Å²) in [5.74, 6) is 0. The van der Waals surface area contributed by atoms with E-state index in [9.17, 15) is 8.42 Å². The van der Waals surface area contributed by atoms with Crippen molar-refractivity contribution in [1.29, 1.82) is 0 Å². The van der Waals surface area contributed by atoms with E-state index in [2.05, 4.69) is 0 Å². The molecule has 2 heterocycles. The van der Waals surface area contributed by atoms with Gasteiger partial charge in [-0.15, -0.1) is 0 Å². The Morgan fingerprint density at radius 3 is 1.26 bits per heavy atom. The summed E-state index contributed by atoms with van der Waals surface area (Å²) in [5, 5.41) is 0. The highest BCUT2D eigenvalue weighted by atomic mass is 32.2. The van der Waals surface area contributed by atoms with Gasteiger partial charge in [0.25, 0.3) is 10.2 Å². The number of morpholine rings is 2. The maximum atomic E-state index is 12.7. The van der Waals surface area contributed by atoms with Gasteiger partial charge < -0.3 is 9.47 Å². The molecule has 112 valence electrons. The Hall–Kier alpha value is -0.210. The van der Waals surface area contributed by atoms with Gasteiger partial charge in [0, 0.05) is 26.2 Å². The summed E-state index contributed by atoms with van der Waals surface area (Å²) in [6.45, 7) is 9.32. The maximum absolute atomic E-state index is 12.7. The molecule has 2 rings (SSSR count). The van der Waals surface area contributed by atoms with Crippen LogP contribution in [0.2, 0.25) is 0 Å². The first kappa shape index (κ1) is 15.2. The molecule has 2 aliphatic heterocycles. The molecule has 0 aromatic rings. The summed E-state index contributed by atoms with van der Waals surface area (Å²) in [6, 6.07) is 0. The first-order chi connectivity index (χ1) is 8.79. The highest BCUT2D eigenvalue weighted by Crippen LogP contribution is 2.21. The molecule has 0 aromatic heterocycles. The Labute approximate surface area is 115 Å². The predicted molar refractivity (Wildman–Crippen MR) is 72.1 cm³/mol. The zero-order valence-corrected chi connectivity index (χ0v) is 12.9. The van der Waals surface area contributed by atoms with Crippen molar-refractivity contribution in [3.8, 4) is 0 Å². The molecule has 4 atom stereocenters. The van der Waals surface area contributed by atoms with Crippen LogP contribution < -0.4 is 0 Å². The minimum atomic E-state index is -3.41. The Morgan fingerprint density at radius 2 is 1.00 bits per heavy atom. The molecule has 0 aromatic carbocycles. The third-order valence-corrected chi connectivity index (χ3v) is 5.33. The second-order valence-electron chi connectivity index (χ2n) is 5.66. The molecule has 2 fully saturated rings. The number of rotatable bonds is 2. The van der Waals surface area contributed by atoms with E-state index in [4.69, 9.17) is 9.47 Å². The number of ether oxygens (including phenoxy) is 2. The zero-order chi connectivity index (χ0) is 14.2. The lowest BCUT2D eigenvalue weighted by Crippen LogP contribution is -2.57. The second-order valence-corrected chi connectivity index (χ2v) is 7.58. The van der Waals surface area contributed by atoms with Gasteiger partial charge in [0.2, 0.25) is 0 Å². The van der Waals surface area contributed by atoms with E-state index in [1.54, 1.807) is 0 Å². The summed E-state index contributed by atoms with van der Waals surface area (Å²) in [7, 11) is -3.41. The van der Waals surface area contributed by atoms with E-state index in [1.165, 1.54) is 8.61 Å². The minimum absolute atomic E-state index is 0.0607. The van der Waals surface area contributed by atoms with Crippen molar-refractivity contribution in [3.05, 3.63) is 0 Å². The Morgan fingerprint density at radius 1 is 0.737 bits per heavy atom. The first-order valence-electron chi connectivity index (χ1n) is 6.85. The quantitative estimate of drug-likeness (QED) is 0.741. The van der Waals surface area contributed by atoms with Crippen molar-refractivity contribution < 1.29 is 17.9 Å². The maximum Gasteiger partial charge on any atom is 0.282 e. The van der Waals surface area contributed by atoms with Crippen molar-refractivity contribution in [2.24, 2.45) is 0 Å². The van der Waals surface area contributed by atoms with Crippen molar-refractivity contribution >= 4 is 10.2 Å². The van der Waals surface area contributed by atoms with Crippen molar-refractivity contribution in [2.45, 2.75) is 52.1 Å². The van der Waals surface area contributed by atoms with Crippen LogP contribution in [0.3, 0.4) is 0 Å². The van der Waals surface area contributed by atoms with E-state index in [-0.39, 0.29) is 24.4 Å². The number of hydrogen-bond acceptors (Lipinski definition) is 4. The van der Waals surface area contributed by atoms with Gasteiger partial charge in [-0.3, -0.25) is 0 Å². The molecule has 0 N–H and O–H groups in total. The SMILES string of the molecule is C[C@@H]1CN(S(=O)(=O)N2C[C@H](C)O[C@@H](C)C2)C[C@@H](C)O1. The molecule has 0 spiro atoms.